The smallest absolute Gasteiger partial charge is 0.319 e. The van der Waals surface area contributed by atoms with Crippen molar-refractivity contribution < 1.29 is 9.53 Å². The Labute approximate surface area is 167 Å². The van der Waals surface area contributed by atoms with E-state index in [4.69, 9.17) is 16.3 Å². The summed E-state index contributed by atoms with van der Waals surface area (Å²) < 4.78 is 7.36. The van der Waals surface area contributed by atoms with E-state index in [9.17, 15) is 4.79 Å². The molecule has 0 saturated carbocycles. The SMILES string of the molecule is COc1ccc(Cl)cc1NC(=O)NC(C)c1c(-n2cccc2)sc(C)c1C. The number of nitrogens with one attached hydrogen (secondary N) is 2. The first kappa shape index (κ1) is 19.3. The van der Waals surface area contributed by atoms with E-state index in [1.807, 2.05) is 31.5 Å². The van der Waals surface area contributed by atoms with Crippen LogP contribution in [0.25, 0.3) is 5.00 Å². The lowest BCUT2D eigenvalue weighted by atomic mass is 10.1. The molecule has 1 aromatic carbocycles. The van der Waals surface area contributed by atoms with Gasteiger partial charge in [0.15, 0.2) is 0 Å². The highest BCUT2D eigenvalue weighted by Gasteiger charge is 2.21. The Hall–Kier alpha value is -2.44. The molecule has 3 rings (SSSR count). The van der Waals surface area contributed by atoms with Crippen LogP contribution >= 0.6 is 22.9 Å². The van der Waals surface area contributed by atoms with E-state index in [1.54, 1.807) is 36.6 Å². The molecule has 0 aliphatic heterocycles. The maximum atomic E-state index is 12.6. The Morgan fingerprint density at radius 1 is 1.26 bits per heavy atom. The van der Waals surface area contributed by atoms with E-state index >= 15 is 0 Å². The number of aromatic nitrogens is 1. The maximum Gasteiger partial charge on any atom is 0.319 e. The van der Waals surface area contributed by atoms with Crippen LogP contribution in [0, 0.1) is 13.8 Å². The molecule has 1 atom stereocenters. The molecule has 5 nitrogen and oxygen atoms in total. The Balaban J connectivity index is 1.81. The molecule has 0 saturated heterocycles. The van der Waals surface area contributed by atoms with Crippen molar-refractivity contribution in [1.29, 1.82) is 0 Å². The summed E-state index contributed by atoms with van der Waals surface area (Å²) in [5, 5.41) is 7.48. The number of benzene rings is 1. The molecule has 2 aromatic heterocycles. The third kappa shape index (κ3) is 4.12. The highest BCUT2D eigenvalue weighted by atomic mass is 35.5. The molecule has 2 heterocycles. The number of ether oxygens (including phenoxy) is 1. The molecule has 2 N–H and O–H groups in total. The van der Waals surface area contributed by atoms with Crippen LogP contribution in [0.5, 0.6) is 5.75 Å². The van der Waals surface area contributed by atoms with E-state index in [-0.39, 0.29) is 12.1 Å². The van der Waals surface area contributed by atoms with Gasteiger partial charge in [-0.25, -0.2) is 4.79 Å². The second-order valence-corrected chi connectivity index (χ2v) is 7.90. The standard InChI is InChI=1S/C20H22ClN3O2S/c1-12-14(3)27-19(24-9-5-6-10-24)18(12)13(2)22-20(25)23-16-11-15(21)7-8-17(16)26-4/h5-11,13H,1-4H3,(H2,22,23,25). The predicted octanol–water partition coefficient (Wildman–Crippen LogP) is 5.70. The minimum Gasteiger partial charge on any atom is -0.495 e. The second-order valence-electron chi connectivity index (χ2n) is 6.26. The first-order chi connectivity index (χ1) is 12.9. The number of carbonyl (C=O) groups excluding carboxylic acids is 1. The first-order valence-electron chi connectivity index (χ1n) is 8.55. The number of nitrogens with zero attached hydrogens (tertiary/aromatic N) is 1. The van der Waals surface area contributed by atoms with E-state index in [0.717, 1.165) is 10.6 Å². The topological polar surface area (TPSA) is 55.3 Å². The van der Waals surface area contributed by atoms with E-state index in [2.05, 4.69) is 29.0 Å². The van der Waals surface area contributed by atoms with E-state index < -0.39 is 0 Å². The number of hydrogen-bond acceptors (Lipinski definition) is 3. The number of aryl methyl sites for hydroxylation is 1. The molecule has 0 spiro atoms. The second kappa shape index (κ2) is 8.06. The van der Waals surface area contributed by atoms with Crippen LogP contribution in [-0.4, -0.2) is 17.7 Å². The molecule has 0 radical (unpaired) electrons. The van der Waals surface area contributed by atoms with E-state index in [1.165, 1.54) is 10.4 Å². The molecule has 1 unspecified atom stereocenters. The van der Waals surface area contributed by atoms with Gasteiger partial charge in [0.1, 0.15) is 10.8 Å². The van der Waals surface area contributed by atoms with Crippen LogP contribution in [0.15, 0.2) is 42.7 Å². The van der Waals surface area contributed by atoms with Gasteiger partial charge >= 0.3 is 6.03 Å². The number of rotatable bonds is 5. The monoisotopic (exact) mass is 403 g/mol. The van der Waals surface area contributed by atoms with Gasteiger partial charge in [0.25, 0.3) is 0 Å². The minimum absolute atomic E-state index is 0.169. The lowest BCUT2D eigenvalue weighted by Gasteiger charge is -2.18. The molecule has 0 bridgehead atoms. The van der Waals surface area contributed by atoms with Crippen molar-refractivity contribution in [2.24, 2.45) is 0 Å². The Morgan fingerprint density at radius 3 is 2.63 bits per heavy atom. The Bertz CT molecular complexity index is 951. The third-order valence-electron chi connectivity index (χ3n) is 4.44. The van der Waals surface area contributed by atoms with Crippen molar-refractivity contribution >= 4 is 34.7 Å². The van der Waals surface area contributed by atoms with Gasteiger partial charge in [-0.15, -0.1) is 11.3 Å². The Morgan fingerprint density at radius 2 is 1.96 bits per heavy atom. The minimum atomic E-state index is -0.315. The molecule has 3 aromatic rings. The highest BCUT2D eigenvalue weighted by molar-refractivity contribution is 7.14. The first-order valence-corrected chi connectivity index (χ1v) is 9.74. The summed E-state index contributed by atoms with van der Waals surface area (Å²) in [7, 11) is 1.55. The molecule has 27 heavy (non-hydrogen) atoms. The normalized spacial score (nSPS) is 11.9. The number of hydrogen-bond donors (Lipinski definition) is 2. The fourth-order valence-corrected chi connectivity index (χ4v) is 4.40. The number of anilines is 1. The number of halogens is 1. The van der Waals surface area contributed by atoms with Crippen molar-refractivity contribution in [1.82, 2.24) is 9.88 Å². The van der Waals surface area contributed by atoms with Gasteiger partial charge in [0, 0.05) is 27.9 Å². The summed E-state index contributed by atoms with van der Waals surface area (Å²) in [6.45, 7) is 6.17. The van der Waals surface area contributed by atoms with Crippen molar-refractivity contribution in [3.8, 4) is 10.8 Å². The molecular weight excluding hydrogens is 382 g/mol. The molecule has 0 aliphatic carbocycles. The third-order valence-corrected chi connectivity index (χ3v) is 5.91. The molecular formula is C20H22ClN3O2S. The van der Waals surface area contributed by atoms with Gasteiger partial charge in [-0.1, -0.05) is 11.6 Å². The Kier molecular flexibility index (Phi) is 5.77. The number of carbonyl (C=O) groups is 1. The van der Waals surface area contributed by atoms with Crippen LogP contribution in [-0.2, 0) is 0 Å². The molecule has 0 fully saturated rings. The van der Waals surface area contributed by atoms with Crippen molar-refractivity contribution in [2.45, 2.75) is 26.8 Å². The van der Waals surface area contributed by atoms with Gasteiger partial charge in [-0.05, 0) is 56.7 Å². The van der Waals surface area contributed by atoms with Gasteiger partial charge in [-0.3, -0.25) is 0 Å². The van der Waals surface area contributed by atoms with Crippen molar-refractivity contribution in [3.05, 3.63) is 63.8 Å². The van der Waals surface area contributed by atoms with Crippen molar-refractivity contribution in [3.63, 3.8) is 0 Å². The largest absolute Gasteiger partial charge is 0.495 e. The number of amides is 2. The number of methoxy groups -OCH3 is 1. The molecule has 2 amide bonds. The van der Waals surface area contributed by atoms with Crippen LogP contribution in [0.4, 0.5) is 10.5 Å². The van der Waals surface area contributed by atoms with Crippen LogP contribution < -0.4 is 15.4 Å². The lowest BCUT2D eigenvalue weighted by molar-refractivity contribution is 0.249. The molecule has 7 heteroatoms. The van der Waals surface area contributed by atoms with Crippen LogP contribution in [0.3, 0.4) is 0 Å². The van der Waals surface area contributed by atoms with Gasteiger partial charge in [-0.2, -0.15) is 0 Å². The zero-order chi connectivity index (χ0) is 19.6. The van der Waals surface area contributed by atoms with Gasteiger partial charge in [0.2, 0.25) is 0 Å². The summed E-state index contributed by atoms with van der Waals surface area (Å²) in [5.41, 5.74) is 2.83. The molecule has 0 aliphatic rings. The average molecular weight is 404 g/mol. The summed E-state index contributed by atoms with van der Waals surface area (Å²) in [6.07, 6.45) is 4.02. The zero-order valence-corrected chi connectivity index (χ0v) is 17.2. The zero-order valence-electron chi connectivity index (χ0n) is 15.7. The summed E-state index contributed by atoms with van der Waals surface area (Å²) in [5.74, 6) is 0.554. The lowest BCUT2D eigenvalue weighted by Crippen LogP contribution is -2.31. The fraction of sp³-hybridized carbons (Fsp3) is 0.250. The summed E-state index contributed by atoms with van der Waals surface area (Å²) in [4.78, 5) is 13.8. The number of thiophene rings is 1. The summed E-state index contributed by atoms with van der Waals surface area (Å²) >= 11 is 7.75. The maximum absolute atomic E-state index is 12.6. The van der Waals surface area contributed by atoms with Crippen molar-refractivity contribution in [2.75, 3.05) is 12.4 Å². The average Bonchev–Trinajstić information content (AvgIpc) is 3.24. The van der Waals surface area contributed by atoms with Crippen LogP contribution in [0.2, 0.25) is 5.02 Å². The summed E-state index contributed by atoms with van der Waals surface area (Å²) in [6, 6.07) is 8.59. The van der Waals surface area contributed by atoms with Crippen LogP contribution in [0.1, 0.15) is 29.0 Å². The highest BCUT2D eigenvalue weighted by Crippen LogP contribution is 2.35. The number of urea groups is 1. The predicted molar refractivity (Wildman–Crippen MR) is 112 cm³/mol. The van der Waals surface area contributed by atoms with E-state index in [0.29, 0.717) is 16.5 Å². The van der Waals surface area contributed by atoms with Gasteiger partial charge in [0.05, 0.1) is 18.8 Å². The molecule has 142 valence electrons. The van der Waals surface area contributed by atoms with Gasteiger partial charge < -0.3 is 19.9 Å². The fourth-order valence-electron chi connectivity index (χ4n) is 3.00. The quantitative estimate of drug-likeness (QED) is 0.574.